The van der Waals surface area contributed by atoms with Gasteiger partial charge in [0.25, 0.3) is 0 Å². The summed E-state index contributed by atoms with van der Waals surface area (Å²) in [4.78, 5) is 14.7. The lowest BCUT2D eigenvalue weighted by molar-refractivity contribution is -0.133. The first-order valence-corrected chi connectivity index (χ1v) is 10.5. The van der Waals surface area contributed by atoms with Crippen molar-refractivity contribution in [3.05, 3.63) is 29.8 Å². The number of benzene rings is 1. The van der Waals surface area contributed by atoms with Gasteiger partial charge in [-0.2, -0.15) is 4.31 Å². The van der Waals surface area contributed by atoms with Crippen LogP contribution in [0.4, 0.5) is 0 Å². The van der Waals surface area contributed by atoms with Crippen LogP contribution in [0.5, 0.6) is 0 Å². The number of sulfonamides is 1. The summed E-state index contributed by atoms with van der Waals surface area (Å²) in [6, 6.07) is 7.23. The highest BCUT2D eigenvalue weighted by molar-refractivity contribution is 7.89. The highest BCUT2D eigenvalue weighted by Gasteiger charge is 2.27. The third-order valence-electron chi connectivity index (χ3n) is 5.08. The van der Waals surface area contributed by atoms with E-state index >= 15 is 0 Å². The number of rotatable bonds is 5. The first kappa shape index (κ1) is 21.2. The number of carbonyl (C=O) groups is 1. The van der Waals surface area contributed by atoms with Crippen molar-refractivity contribution in [2.75, 3.05) is 32.7 Å². The lowest BCUT2D eigenvalue weighted by Crippen LogP contribution is -2.52. The number of nitrogens with one attached hydrogen (secondary N) is 1. The summed E-state index contributed by atoms with van der Waals surface area (Å²) in [6.07, 6.45) is 2.97. The fraction of sp³-hybridized carbons (Fsp3) is 0.611. The van der Waals surface area contributed by atoms with Crippen molar-refractivity contribution in [3.8, 4) is 0 Å². The molecule has 2 aliphatic heterocycles. The molecule has 0 aromatic heterocycles. The number of halogens is 1. The lowest BCUT2D eigenvalue weighted by atomic mass is 10.1. The maximum atomic E-state index is 12.5. The van der Waals surface area contributed by atoms with Crippen LogP contribution in [0.2, 0.25) is 0 Å². The van der Waals surface area contributed by atoms with Crippen molar-refractivity contribution in [2.24, 2.45) is 0 Å². The number of carbonyl (C=O) groups excluding carboxylic acids is 1. The zero-order valence-electron chi connectivity index (χ0n) is 15.2. The average molecular weight is 402 g/mol. The Hall–Kier alpha value is -1.15. The third kappa shape index (κ3) is 4.76. The van der Waals surface area contributed by atoms with Crippen molar-refractivity contribution in [3.63, 3.8) is 0 Å². The third-order valence-corrected chi connectivity index (χ3v) is 6.99. The molecule has 0 radical (unpaired) electrons. The quantitative estimate of drug-likeness (QED) is 0.814. The van der Waals surface area contributed by atoms with Crippen LogP contribution in [0.3, 0.4) is 0 Å². The van der Waals surface area contributed by atoms with Gasteiger partial charge in [-0.15, -0.1) is 12.4 Å². The molecule has 0 aliphatic carbocycles. The minimum atomic E-state index is -3.36. The second kappa shape index (κ2) is 9.17. The Morgan fingerprint density at radius 1 is 1.15 bits per heavy atom. The van der Waals surface area contributed by atoms with E-state index in [9.17, 15) is 13.2 Å². The molecule has 6 nitrogen and oxygen atoms in total. The zero-order valence-corrected chi connectivity index (χ0v) is 16.8. The molecule has 0 spiro atoms. The Kier molecular flexibility index (Phi) is 7.46. The first-order chi connectivity index (χ1) is 12.0. The smallest absolute Gasteiger partial charge is 0.243 e. The Bertz CT molecular complexity index is 703. The van der Waals surface area contributed by atoms with Crippen LogP contribution in [0.1, 0.15) is 31.7 Å². The molecule has 2 heterocycles. The molecule has 2 saturated heterocycles. The van der Waals surface area contributed by atoms with E-state index in [4.69, 9.17) is 0 Å². The molecule has 26 heavy (non-hydrogen) atoms. The summed E-state index contributed by atoms with van der Waals surface area (Å²) in [5, 5.41) is 3.28. The molecular formula is C18H28ClN3O3S. The summed E-state index contributed by atoms with van der Waals surface area (Å²) >= 11 is 0. The average Bonchev–Trinajstić information content (AvgIpc) is 3.16. The van der Waals surface area contributed by atoms with Crippen LogP contribution in [0.25, 0.3) is 0 Å². The molecule has 1 N–H and O–H groups in total. The van der Waals surface area contributed by atoms with Crippen molar-refractivity contribution in [1.29, 1.82) is 0 Å². The van der Waals surface area contributed by atoms with Gasteiger partial charge in [-0.1, -0.05) is 12.1 Å². The monoisotopic (exact) mass is 401 g/mol. The Labute approximate surface area is 162 Å². The van der Waals surface area contributed by atoms with E-state index in [1.165, 1.54) is 0 Å². The normalized spacial score (nSPS) is 21.4. The number of aryl methyl sites for hydroxylation is 1. The summed E-state index contributed by atoms with van der Waals surface area (Å²) in [5.74, 6) is 0.169. The molecule has 0 bridgehead atoms. The van der Waals surface area contributed by atoms with Crippen LogP contribution < -0.4 is 5.32 Å². The van der Waals surface area contributed by atoms with E-state index in [2.05, 4.69) is 12.2 Å². The largest absolute Gasteiger partial charge is 0.337 e. The first-order valence-electron chi connectivity index (χ1n) is 9.08. The number of nitrogens with zero attached hydrogens (tertiary/aromatic N) is 2. The van der Waals surface area contributed by atoms with Gasteiger partial charge in [-0.3, -0.25) is 4.79 Å². The van der Waals surface area contributed by atoms with E-state index < -0.39 is 10.0 Å². The van der Waals surface area contributed by atoms with Gasteiger partial charge < -0.3 is 10.2 Å². The number of piperazine rings is 1. The second-order valence-corrected chi connectivity index (χ2v) is 8.83. The van der Waals surface area contributed by atoms with E-state index in [0.29, 0.717) is 30.8 Å². The minimum absolute atomic E-state index is 0. The molecule has 3 rings (SSSR count). The van der Waals surface area contributed by atoms with Gasteiger partial charge in [0.2, 0.25) is 15.9 Å². The fourth-order valence-corrected chi connectivity index (χ4v) is 5.03. The molecule has 1 aromatic rings. The summed E-state index contributed by atoms with van der Waals surface area (Å²) in [6.45, 7) is 5.73. The molecular weight excluding hydrogens is 374 g/mol. The van der Waals surface area contributed by atoms with E-state index in [-0.39, 0.29) is 24.4 Å². The van der Waals surface area contributed by atoms with E-state index in [1.54, 1.807) is 16.4 Å². The van der Waals surface area contributed by atoms with Crippen LogP contribution in [-0.4, -0.2) is 62.3 Å². The number of amides is 1. The van der Waals surface area contributed by atoms with Crippen LogP contribution in [0.15, 0.2) is 29.2 Å². The number of hydrogen-bond donors (Lipinski definition) is 1. The van der Waals surface area contributed by atoms with Gasteiger partial charge in [-0.05, 0) is 43.9 Å². The lowest BCUT2D eigenvalue weighted by Gasteiger charge is -2.34. The molecule has 1 amide bonds. The van der Waals surface area contributed by atoms with Crippen LogP contribution in [0, 0.1) is 0 Å². The summed E-state index contributed by atoms with van der Waals surface area (Å²) in [7, 11) is -3.36. The summed E-state index contributed by atoms with van der Waals surface area (Å²) in [5.41, 5.74) is 0.997. The summed E-state index contributed by atoms with van der Waals surface area (Å²) < 4.78 is 26.6. The molecule has 2 aliphatic rings. The van der Waals surface area contributed by atoms with Crippen molar-refractivity contribution < 1.29 is 13.2 Å². The van der Waals surface area contributed by atoms with E-state index in [1.807, 2.05) is 17.0 Å². The van der Waals surface area contributed by atoms with Crippen LogP contribution >= 0.6 is 12.4 Å². The predicted octanol–water partition coefficient (Wildman–Crippen LogP) is 1.65. The van der Waals surface area contributed by atoms with Crippen molar-refractivity contribution in [2.45, 2.75) is 43.5 Å². The SMILES string of the molecule is C[C@@H]1CNCCN1C(=O)CCc1ccc(S(=O)(=O)N2CCCC2)cc1.Cl. The van der Waals surface area contributed by atoms with Gasteiger partial charge in [-0.25, -0.2) is 8.42 Å². The maximum absolute atomic E-state index is 12.5. The molecule has 8 heteroatoms. The van der Waals surface area contributed by atoms with Gasteiger partial charge in [0, 0.05) is 45.2 Å². The molecule has 0 unspecified atom stereocenters. The minimum Gasteiger partial charge on any atom is -0.337 e. The Balaban J connectivity index is 0.00000243. The Morgan fingerprint density at radius 3 is 2.42 bits per heavy atom. The highest BCUT2D eigenvalue weighted by Crippen LogP contribution is 2.21. The van der Waals surface area contributed by atoms with Crippen molar-refractivity contribution >= 4 is 28.3 Å². The van der Waals surface area contributed by atoms with E-state index in [0.717, 1.165) is 38.0 Å². The number of hydrogen-bond acceptors (Lipinski definition) is 4. The molecule has 1 aromatic carbocycles. The molecule has 0 saturated carbocycles. The molecule has 146 valence electrons. The van der Waals surface area contributed by atoms with Crippen molar-refractivity contribution in [1.82, 2.24) is 14.5 Å². The standard InChI is InChI=1S/C18H27N3O3S.ClH/c1-15-14-19-10-13-21(15)18(22)9-6-16-4-7-17(8-5-16)25(23,24)20-11-2-3-12-20;/h4-5,7-8,15,19H,2-3,6,9-14H2,1H3;1H/t15-;/m1./s1. The maximum Gasteiger partial charge on any atom is 0.243 e. The van der Waals surface area contributed by atoms with Crippen LogP contribution in [-0.2, 0) is 21.2 Å². The topological polar surface area (TPSA) is 69.7 Å². The molecule has 1 atom stereocenters. The fourth-order valence-electron chi connectivity index (χ4n) is 3.51. The Morgan fingerprint density at radius 2 is 1.81 bits per heavy atom. The van der Waals surface area contributed by atoms with Gasteiger partial charge in [0.15, 0.2) is 0 Å². The second-order valence-electron chi connectivity index (χ2n) is 6.90. The molecule has 2 fully saturated rings. The zero-order chi connectivity index (χ0) is 17.9. The highest BCUT2D eigenvalue weighted by atomic mass is 35.5. The van der Waals surface area contributed by atoms with Gasteiger partial charge >= 0.3 is 0 Å². The predicted molar refractivity (Wildman–Crippen MR) is 104 cm³/mol. The van der Waals surface area contributed by atoms with Gasteiger partial charge in [0.1, 0.15) is 0 Å². The van der Waals surface area contributed by atoms with Gasteiger partial charge in [0.05, 0.1) is 4.90 Å².